The van der Waals surface area contributed by atoms with Gasteiger partial charge in [-0.2, -0.15) is 0 Å². The van der Waals surface area contributed by atoms with Gasteiger partial charge < -0.3 is 10.4 Å². The minimum absolute atomic E-state index is 0.0371. The number of aliphatic hydroxyl groups is 1. The van der Waals surface area contributed by atoms with Gasteiger partial charge in [0.05, 0.1) is 11.8 Å². The predicted octanol–water partition coefficient (Wildman–Crippen LogP) is 4.01. The maximum absolute atomic E-state index is 13.5. The molecule has 2 rings (SSSR count). The SMILES string of the molecule is OC(CNc1c(F)cccc1Br)c1ccc(F)c(F)c1. The molecule has 0 saturated carbocycles. The molecule has 0 saturated heterocycles. The molecule has 0 aliphatic carbocycles. The van der Waals surface area contributed by atoms with Crippen LogP contribution >= 0.6 is 15.9 Å². The lowest BCUT2D eigenvalue weighted by Crippen LogP contribution is -2.13. The summed E-state index contributed by atoms with van der Waals surface area (Å²) >= 11 is 3.18. The summed E-state index contributed by atoms with van der Waals surface area (Å²) in [6.07, 6.45) is -1.09. The molecule has 0 bridgehead atoms. The van der Waals surface area contributed by atoms with Crippen molar-refractivity contribution in [1.29, 1.82) is 0 Å². The number of halogens is 4. The highest BCUT2D eigenvalue weighted by molar-refractivity contribution is 9.10. The minimum Gasteiger partial charge on any atom is -0.387 e. The maximum atomic E-state index is 13.5. The number of hydrogen-bond acceptors (Lipinski definition) is 2. The molecule has 1 atom stereocenters. The summed E-state index contributed by atoms with van der Waals surface area (Å²) in [5, 5.41) is 12.6. The van der Waals surface area contributed by atoms with Crippen LogP contribution in [0, 0.1) is 17.5 Å². The third-order valence-corrected chi connectivity index (χ3v) is 3.42. The molecule has 20 heavy (non-hydrogen) atoms. The van der Waals surface area contributed by atoms with Gasteiger partial charge >= 0.3 is 0 Å². The summed E-state index contributed by atoms with van der Waals surface area (Å²) in [5.41, 5.74) is 0.415. The van der Waals surface area contributed by atoms with Crippen molar-refractivity contribution in [2.24, 2.45) is 0 Å². The third kappa shape index (κ3) is 3.32. The second-order valence-corrected chi connectivity index (χ2v) is 5.02. The Kier molecular flexibility index (Phi) is 4.67. The van der Waals surface area contributed by atoms with E-state index in [1.807, 2.05) is 0 Å². The molecular weight excluding hydrogens is 335 g/mol. The number of benzene rings is 2. The van der Waals surface area contributed by atoms with Gasteiger partial charge in [0.2, 0.25) is 0 Å². The number of nitrogens with one attached hydrogen (secondary N) is 1. The van der Waals surface area contributed by atoms with Crippen LogP contribution in [-0.2, 0) is 0 Å². The normalized spacial score (nSPS) is 12.2. The van der Waals surface area contributed by atoms with Gasteiger partial charge in [-0.25, -0.2) is 13.2 Å². The molecule has 2 N–H and O–H groups in total. The molecule has 0 fully saturated rings. The number of para-hydroxylation sites is 1. The number of anilines is 1. The molecule has 0 spiro atoms. The molecule has 0 aliphatic heterocycles. The first-order chi connectivity index (χ1) is 9.49. The highest BCUT2D eigenvalue weighted by Gasteiger charge is 2.13. The first-order valence-electron chi connectivity index (χ1n) is 5.80. The Morgan fingerprint density at radius 2 is 1.80 bits per heavy atom. The zero-order chi connectivity index (χ0) is 14.7. The van der Waals surface area contributed by atoms with E-state index >= 15 is 0 Å². The van der Waals surface area contributed by atoms with Crippen molar-refractivity contribution in [3.05, 3.63) is 63.9 Å². The van der Waals surface area contributed by atoms with Crippen LogP contribution in [0.1, 0.15) is 11.7 Å². The predicted molar refractivity (Wildman–Crippen MR) is 73.9 cm³/mol. The molecule has 6 heteroatoms. The lowest BCUT2D eigenvalue weighted by Gasteiger charge is -2.15. The quantitative estimate of drug-likeness (QED) is 0.877. The fourth-order valence-corrected chi connectivity index (χ4v) is 2.19. The van der Waals surface area contributed by atoms with Crippen LogP contribution in [0.2, 0.25) is 0 Å². The van der Waals surface area contributed by atoms with Gasteiger partial charge in [-0.15, -0.1) is 0 Å². The van der Waals surface area contributed by atoms with E-state index in [2.05, 4.69) is 21.2 Å². The van der Waals surface area contributed by atoms with E-state index < -0.39 is 23.6 Å². The monoisotopic (exact) mass is 345 g/mol. The lowest BCUT2D eigenvalue weighted by molar-refractivity contribution is 0.191. The average Bonchev–Trinajstić information content (AvgIpc) is 2.41. The van der Waals surface area contributed by atoms with Crippen LogP contribution < -0.4 is 5.32 Å². The second-order valence-electron chi connectivity index (χ2n) is 4.17. The Hall–Kier alpha value is -1.53. The highest BCUT2D eigenvalue weighted by atomic mass is 79.9. The Balaban J connectivity index is 2.08. The molecule has 106 valence electrons. The first-order valence-corrected chi connectivity index (χ1v) is 6.59. The van der Waals surface area contributed by atoms with Crippen molar-refractivity contribution in [3.8, 4) is 0 Å². The zero-order valence-corrected chi connectivity index (χ0v) is 11.8. The van der Waals surface area contributed by atoms with Crippen molar-refractivity contribution < 1.29 is 18.3 Å². The summed E-state index contributed by atoms with van der Waals surface area (Å²) in [6.45, 7) is -0.0371. The largest absolute Gasteiger partial charge is 0.387 e. The fourth-order valence-electron chi connectivity index (χ4n) is 1.70. The molecule has 1 unspecified atom stereocenters. The molecule has 0 heterocycles. The van der Waals surface area contributed by atoms with Crippen molar-refractivity contribution in [1.82, 2.24) is 0 Å². The van der Waals surface area contributed by atoms with Crippen molar-refractivity contribution in [3.63, 3.8) is 0 Å². The van der Waals surface area contributed by atoms with Gasteiger partial charge in [0.1, 0.15) is 5.82 Å². The van der Waals surface area contributed by atoms with E-state index in [0.717, 1.165) is 12.1 Å². The van der Waals surface area contributed by atoms with Crippen LogP contribution in [0.5, 0.6) is 0 Å². The Morgan fingerprint density at radius 1 is 1.05 bits per heavy atom. The van der Waals surface area contributed by atoms with Gasteiger partial charge in [-0.3, -0.25) is 0 Å². The topological polar surface area (TPSA) is 32.3 Å². The van der Waals surface area contributed by atoms with Gasteiger partial charge in [-0.05, 0) is 45.8 Å². The molecular formula is C14H11BrF3NO. The number of aliphatic hydroxyl groups excluding tert-OH is 1. The number of rotatable bonds is 4. The van der Waals surface area contributed by atoms with Gasteiger partial charge in [-0.1, -0.05) is 12.1 Å². The van der Waals surface area contributed by atoms with Crippen LogP contribution in [0.15, 0.2) is 40.9 Å². The van der Waals surface area contributed by atoms with Gasteiger partial charge in [0.15, 0.2) is 11.6 Å². The van der Waals surface area contributed by atoms with Crippen molar-refractivity contribution in [2.75, 3.05) is 11.9 Å². The lowest BCUT2D eigenvalue weighted by atomic mass is 10.1. The van der Waals surface area contributed by atoms with Crippen LogP contribution in [0.4, 0.5) is 18.9 Å². The molecule has 0 aromatic heterocycles. The van der Waals surface area contributed by atoms with Gasteiger partial charge in [0.25, 0.3) is 0 Å². The molecule has 0 radical (unpaired) electrons. The highest BCUT2D eigenvalue weighted by Crippen LogP contribution is 2.26. The minimum atomic E-state index is -1.09. The Morgan fingerprint density at radius 3 is 2.45 bits per heavy atom. The second kappa shape index (κ2) is 6.28. The van der Waals surface area contributed by atoms with Crippen molar-refractivity contribution >= 4 is 21.6 Å². The molecule has 2 aromatic rings. The summed E-state index contributed by atoms with van der Waals surface area (Å²) in [5.74, 6) is -2.49. The first kappa shape index (κ1) is 14.9. The van der Waals surface area contributed by atoms with Crippen molar-refractivity contribution in [2.45, 2.75) is 6.10 Å². The summed E-state index contributed by atoms with van der Waals surface area (Å²) < 4.78 is 39.9. The molecule has 2 aromatic carbocycles. The molecule has 2 nitrogen and oxygen atoms in total. The fraction of sp³-hybridized carbons (Fsp3) is 0.143. The maximum Gasteiger partial charge on any atom is 0.159 e. The Bertz CT molecular complexity index is 601. The zero-order valence-electron chi connectivity index (χ0n) is 10.2. The smallest absolute Gasteiger partial charge is 0.159 e. The van der Waals surface area contributed by atoms with Crippen LogP contribution in [0.25, 0.3) is 0 Å². The third-order valence-electron chi connectivity index (χ3n) is 2.76. The summed E-state index contributed by atoms with van der Waals surface area (Å²) in [4.78, 5) is 0. The van der Waals surface area contributed by atoms with E-state index in [4.69, 9.17) is 0 Å². The van der Waals surface area contributed by atoms with E-state index in [-0.39, 0.29) is 17.8 Å². The Labute approximate surface area is 122 Å². The van der Waals surface area contributed by atoms with E-state index in [1.54, 1.807) is 6.07 Å². The molecule has 0 aliphatic rings. The summed E-state index contributed by atoms with van der Waals surface area (Å²) in [6, 6.07) is 7.59. The summed E-state index contributed by atoms with van der Waals surface area (Å²) in [7, 11) is 0. The van der Waals surface area contributed by atoms with E-state index in [0.29, 0.717) is 4.47 Å². The number of hydrogen-bond donors (Lipinski definition) is 2. The average molecular weight is 346 g/mol. The van der Waals surface area contributed by atoms with Crippen LogP contribution in [-0.4, -0.2) is 11.7 Å². The van der Waals surface area contributed by atoms with E-state index in [9.17, 15) is 18.3 Å². The van der Waals surface area contributed by atoms with E-state index in [1.165, 1.54) is 18.2 Å². The van der Waals surface area contributed by atoms with Gasteiger partial charge in [0, 0.05) is 11.0 Å². The van der Waals surface area contributed by atoms with Crippen LogP contribution in [0.3, 0.4) is 0 Å². The molecule has 0 amide bonds. The standard InChI is InChI=1S/C14H11BrF3NO/c15-9-2-1-3-11(17)14(9)19-7-13(20)8-4-5-10(16)12(18)6-8/h1-6,13,19-20H,7H2.